The minimum atomic E-state index is -1.13. The van der Waals surface area contributed by atoms with Crippen LogP contribution in [0.4, 0.5) is 18.9 Å². The van der Waals surface area contributed by atoms with Gasteiger partial charge in [0.2, 0.25) is 5.91 Å². The second kappa shape index (κ2) is 7.35. The number of benzene rings is 2. The molecule has 0 aliphatic carbocycles. The number of rotatable bonds is 4. The Morgan fingerprint density at radius 2 is 1.83 bits per heavy atom. The van der Waals surface area contributed by atoms with Crippen molar-refractivity contribution in [3.05, 3.63) is 63.9 Å². The Hall–Kier alpha value is -2.54. The number of anilines is 1. The van der Waals surface area contributed by atoms with Crippen molar-refractivity contribution < 1.29 is 27.5 Å². The first-order chi connectivity index (χ1) is 11.3. The highest BCUT2D eigenvalue weighted by atomic mass is 35.5. The van der Waals surface area contributed by atoms with Crippen molar-refractivity contribution in [3.63, 3.8) is 0 Å². The Morgan fingerprint density at radius 3 is 2.46 bits per heavy atom. The highest BCUT2D eigenvalue weighted by Crippen LogP contribution is 2.23. The van der Waals surface area contributed by atoms with Crippen LogP contribution in [0, 0.1) is 17.5 Å². The van der Waals surface area contributed by atoms with Crippen LogP contribution in [-0.4, -0.2) is 19.0 Å². The van der Waals surface area contributed by atoms with Crippen molar-refractivity contribution in [2.24, 2.45) is 0 Å². The Labute approximate surface area is 140 Å². The van der Waals surface area contributed by atoms with E-state index in [1.807, 2.05) is 0 Å². The smallest absolute Gasteiger partial charge is 0.340 e. The number of halogens is 4. The van der Waals surface area contributed by atoms with E-state index in [0.717, 1.165) is 19.2 Å². The Balaban J connectivity index is 2.24. The summed E-state index contributed by atoms with van der Waals surface area (Å²) in [5.74, 6) is -4.72. The minimum Gasteiger partial charge on any atom is -0.465 e. The van der Waals surface area contributed by atoms with E-state index in [1.54, 1.807) is 0 Å². The summed E-state index contributed by atoms with van der Waals surface area (Å²) in [5, 5.41) is 2.19. The number of methoxy groups -OCH3 is 1. The first-order valence-electron chi connectivity index (χ1n) is 6.63. The van der Waals surface area contributed by atoms with E-state index in [1.165, 1.54) is 12.1 Å². The lowest BCUT2D eigenvalue weighted by Crippen LogP contribution is -2.17. The monoisotopic (exact) mass is 357 g/mol. The molecule has 2 aromatic carbocycles. The van der Waals surface area contributed by atoms with Gasteiger partial charge in [0, 0.05) is 16.7 Å². The third-order valence-electron chi connectivity index (χ3n) is 3.14. The molecule has 8 heteroatoms. The third-order valence-corrected chi connectivity index (χ3v) is 3.49. The van der Waals surface area contributed by atoms with Gasteiger partial charge in [0.15, 0.2) is 0 Å². The molecule has 0 fully saturated rings. The highest BCUT2D eigenvalue weighted by molar-refractivity contribution is 6.31. The van der Waals surface area contributed by atoms with Crippen LogP contribution in [0.25, 0.3) is 0 Å². The van der Waals surface area contributed by atoms with Gasteiger partial charge in [-0.25, -0.2) is 18.0 Å². The number of esters is 1. The molecule has 2 rings (SSSR count). The number of hydrogen-bond donors (Lipinski definition) is 1. The minimum absolute atomic E-state index is 0.0416. The molecule has 2 aromatic rings. The predicted octanol–water partition coefficient (Wildman–Crippen LogP) is 3.73. The molecule has 0 saturated carbocycles. The van der Waals surface area contributed by atoms with E-state index in [4.69, 9.17) is 11.6 Å². The fourth-order valence-electron chi connectivity index (χ4n) is 1.97. The predicted molar refractivity (Wildman–Crippen MR) is 81.4 cm³/mol. The lowest BCUT2D eigenvalue weighted by molar-refractivity contribution is -0.115. The lowest BCUT2D eigenvalue weighted by atomic mass is 10.1. The second-order valence-electron chi connectivity index (χ2n) is 4.73. The maximum Gasteiger partial charge on any atom is 0.340 e. The number of ether oxygens (including phenoxy) is 1. The summed E-state index contributed by atoms with van der Waals surface area (Å²) in [6.07, 6.45) is -0.462. The average molecular weight is 358 g/mol. The van der Waals surface area contributed by atoms with Gasteiger partial charge in [0.1, 0.15) is 17.5 Å². The molecule has 0 aliphatic rings. The zero-order valence-corrected chi connectivity index (χ0v) is 13.1. The van der Waals surface area contributed by atoms with Crippen LogP contribution in [0.2, 0.25) is 5.02 Å². The van der Waals surface area contributed by atoms with Crippen LogP contribution < -0.4 is 5.32 Å². The van der Waals surface area contributed by atoms with Crippen molar-refractivity contribution in [1.29, 1.82) is 0 Å². The lowest BCUT2D eigenvalue weighted by Gasteiger charge is -2.10. The zero-order chi connectivity index (χ0) is 17.9. The Bertz CT molecular complexity index is 791. The SMILES string of the molecule is COC(=O)c1cc(NC(=O)Cc2c(F)cccc2Cl)c(F)cc1F. The summed E-state index contributed by atoms with van der Waals surface area (Å²) in [4.78, 5) is 23.4. The van der Waals surface area contributed by atoms with Crippen molar-refractivity contribution in [2.75, 3.05) is 12.4 Å². The largest absolute Gasteiger partial charge is 0.465 e. The van der Waals surface area contributed by atoms with Crippen LogP contribution in [0.15, 0.2) is 30.3 Å². The third kappa shape index (κ3) is 3.86. The van der Waals surface area contributed by atoms with E-state index in [2.05, 4.69) is 10.1 Å². The van der Waals surface area contributed by atoms with Crippen molar-refractivity contribution >= 4 is 29.2 Å². The molecule has 24 heavy (non-hydrogen) atoms. The molecule has 0 bridgehead atoms. The van der Waals surface area contributed by atoms with Crippen LogP contribution in [0.5, 0.6) is 0 Å². The quantitative estimate of drug-likeness (QED) is 0.848. The van der Waals surface area contributed by atoms with Gasteiger partial charge in [-0.1, -0.05) is 17.7 Å². The number of hydrogen-bond acceptors (Lipinski definition) is 3. The molecule has 0 saturated heterocycles. The van der Waals surface area contributed by atoms with Crippen LogP contribution in [0.3, 0.4) is 0 Å². The second-order valence-corrected chi connectivity index (χ2v) is 5.14. The highest BCUT2D eigenvalue weighted by Gasteiger charge is 2.19. The maximum absolute atomic E-state index is 13.7. The summed E-state index contributed by atoms with van der Waals surface area (Å²) >= 11 is 5.81. The fourth-order valence-corrected chi connectivity index (χ4v) is 2.20. The van der Waals surface area contributed by atoms with E-state index in [-0.39, 0.29) is 10.6 Å². The van der Waals surface area contributed by atoms with Crippen molar-refractivity contribution in [2.45, 2.75) is 6.42 Å². The number of carbonyl (C=O) groups is 2. The summed E-state index contributed by atoms with van der Waals surface area (Å²) < 4.78 is 45.3. The summed E-state index contributed by atoms with van der Waals surface area (Å²) in [7, 11) is 1.03. The van der Waals surface area contributed by atoms with Gasteiger partial charge in [0.25, 0.3) is 0 Å². The summed E-state index contributed by atoms with van der Waals surface area (Å²) in [5.41, 5.74) is -1.04. The molecule has 0 aliphatic heterocycles. The van der Waals surface area contributed by atoms with Crippen LogP contribution in [0.1, 0.15) is 15.9 Å². The molecule has 126 valence electrons. The molecule has 1 amide bonds. The van der Waals surface area contributed by atoms with E-state index >= 15 is 0 Å². The van der Waals surface area contributed by atoms with Gasteiger partial charge in [-0.3, -0.25) is 4.79 Å². The molecule has 1 N–H and O–H groups in total. The topological polar surface area (TPSA) is 55.4 Å². The van der Waals surface area contributed by atoms with Crippen molar-refractivity contribution in [3.8, 4) is 0 Å². The van der Waals surface area contributed by atoms with E-state index < -0.39 is 47.0 Å². The number of amides is 1. The molecular formula is C16H11ClF3NO3. The molecule has 0 spiro atoms. The summed E-state index contributed by atoms with van der Waals surface area (Å²) in [6, 6.07) is 5.15. The van der Waals surface area contributed by atoms with Gasteiger partial charge in [0.05, 0.1) is 24.8 Å². The van der Waals surface area contributed by atoms with Crippen LogP contribution >= 0.6 is 11.6 Å². The molecule has 0 aromatic heterocycles. The van der Waals surface area contributed by atoms with Gasteiger partial charge in [-0.2, -0.15) is 0 Å². The average Bonchev–Trinajstić information content (AvgIpc) is 2.53. The molecular weight excluding hydrogens is 347 g/mol. The van der Waals surface area contributed by atoms with Gasteiger partial charge >= 0.3 is 5.97 Å². The maximum atomic E-state index is 13.7. The van der Waals surface area contributed by atoms with Crippen LogP contribution in [-0.2, 0) is 16.0 Å². The Kier molecular flexibility index (Phi) is 5.46. The van der Waals surface area contributed by atoms with Gasteiger partial charge in [-0.15, -0.1) is 0 Å². The van der Waals surface area contributed by atoms with Gasteiger partial charge < -0.3 is 10.1 Å². The molecule has 0 atom stereocenters. The van der Waals surface area contributed by atoms with E-state index in [0.29, 0.717) is 6.07 Å². The number of carbonyl (C=O) groups excluding carboxylic acids is 2. The molecule has 0 radical (unpaired) electrons. The zero-order valence-electron chi connectivity index (χ0n) is 12.3. The normalized spacial score (nSPS) is 10.4. The fraction of sp³-hybridized carbons (Fsp3) is 0.125. The number of nitrogens with one attached hydrogen (secondary N) is 1. The van der Waals surface area contributed by atoms with Crippen molar-refractivity contribution in [1.82, 2.24) is 0 Å². The standard InChI is InChI=1S/C16H11ClF3NO3/c1-24-16(23)9-5-14(13(20)7-12(9)19)21-15(22)6-8-10(17)3-2-4-11(8)18/h2-5,7H,6H2,1H3,(H,21,22). The molecule has 0 unspecified atom stereocenters. The Morgan fingerprint density at radius 1 is 1.12 bits per heavy atom. The first kappa shape index (κ1) is 17.8. The molecule has 0 heterocycles. The van der Waals surface area contributed by atoms with E-state index in [9.17, 15) is 22.8 Å². The summed E-state index contributed by atoms with van der Waals surface area (Å²) in [6.45, 7) is 0. The molecule has 4 nitrogen and oxygen atoms in total. The van der Waals surface area contributed by atoms with Gasteiger partial charge in [-0.05, 0) is 18.2 Å². The first-order valence-corrected chi connectivity index (χ1v) is 7.01.